The fraction of sp³-hybridized carbons (Fsp3) is 0.538. The summed E-state index contributed by atoms with van der Waals surface area (Å²) in [5.74, 6) is -0.480. The molecule has 0 bridgehead atoms. The van der Waals surface area contributed by atoms with Crippen molar-refractivity contribution in [3.05, 3.63) is 34.1 Å². The molecule has 110 valence electrons. The lowest BCUT2D eigenvalue weighted by Crippen LogP contribution is -2.37. The van der Waals surface area contributed by atoms with Gasteiger partial charge in [0.05, 0.1) is 18.1 Å². The van der Waals surface area contributed by atoms with Crippen LogP contribution >= 0.6 is 0 Å². The molecule has 2 rings (SSSR count). The molecule has 20 heavy (non-hydrogen) atoms. The van der Waals surface area contributed by atoms with Crippen molar-refractivity contribution in [2.75, 3.05) is 44.7 Å². The van der Waals surface area contributed by atoms with Gasteiger partial charge in [-0.15, -0.1) is 0 Å². The molecule has 0 spiro atoms. The molecule has 1 N–H and O–H groups in total. The summed E-state index contributed by atoms with van der Waals surface area (Å²) >= 11 is 0. The van der Waals surface area contributed by atoms with Crippen LogP contribution in [0.1, 0.15) is 6.42 Å². The molecule has 0 radical (unpaired) electrons. The third kappa shape index (κ3) is 4.14. The summed E-state index contributed by atoms with van der Waals surface area (Å²) in [6.07, 6.45) is 0.841. The van der Waals surface area contributed by atoms with Gasteiger partial charge in [-0.1, -0.05) is 0 Å². The number of ether oxygens (including phenoxy) is 1. The van der Waals surface area contributed by atoms with E-state index in [4.69, 9.17) is 4.74 Å². The van der Waals surface area contributed by atoms with Gasteiger partial charge in [0.2, 0.25) is 0 Å². The van der Waals surface area contributed by atoms with Crippen LogP contribution in [-0.2, 0) is 4.74 Å². The fourth-order valence-corrected chi connectivity index (χ4v) is 2.16. The highest BCUT2D eigenvalue weighted by Crippen LogP contribution is 2.24. The molecule has 1 aliphatic rings. The monoisotopic (exact) mass is 283 g/mol. The van der Waals surface area contributed by atoms with Gasteiger partial charge in [0, 0.05) is 31.8 Å². The van der Waals surface area contributed by atoms with Crippen LogP contribution in [0.15, 0.2) is 18.2 Å². The number of anilines is 1. The van der Waals surface area contributed by atoms with Crippen LogP contribution in [0.2, 0.25) is 0 Å². The van der Waals surface area contributed by atoms with Gasteiger partial charge in [-0.3, -0.25) is 15.0 Å². The Morgan fingerprint density at radius 1 is 1.40 bits per heavy atom. The van der Waals surface area contributed by atoms with Gasteiger partial charge < -0.3 is 10.1 Å². The molecule has 1 saturated heterocycles. The third-order valence-corrected chi connectivity index (χ3v) is 3.23. The molecule has 0 atom stereocenters. The highest BCUT2D eigenvalue weighted by Gasteiger charge is 2.14. The van der Waals surface area contributed by atoms with Crippen LogP contribution in [0.5, 0.6) is 0 Å². The van der Waals surface area contributed by atoms with Crippen molar-refractivity contribution < 1.29 is 14.1 Å². The number of hydrogen-bond donors (Lipinski definition) is 1. The Hall–Kier alpha value is -1.73. The van der Waals surface area contributed by atoms with Crippen molar-refractivity contribution >= 4 is 11.4 Å². The Balaban J connectivity index is 1.81. The zero-order valence-corrected chi connectivity index (χ0v) is 11.2. The minimum absolute atomic E-state index is 0.0993. The highest BCUT2D eigenvalue weighted by molar-refractivity contribution is 5.61. The first-order chi connectivity index (χ1) is 9.66. The molecule has 6 nitrogen and oxygen atoms in total. The van der Waals surface area contributed by atoms with E-state index in [0.717, 1.165) is 51.4 Å². The molecule has 0 amide bonds. The van der Waals surface area contributed by atoms with E-state index in [1.807, 2.05) is 0 Å². The lowest BCUT2D eigenvalue weighted by Gasteiger charge is -2.26. The Morgan fingerprint density at radius 3 is 2.85 bits per heavy atom. The molecule has 1 aromatic carbocycles. The second-order valence-corrected chi connectivity index (χ2v) is 4.65. The smallest absolute Gasteiger partial charge is 0.292 e. The Labute approximate surface area is 116 Å². The van der Waals surface area contributed by atoms with Crippen molar-refractivity contribution in [2.45, 2.75) is 6.42 Å². The third-order valence-electron chi connectivity index (χ3n) is 3.23. The molecule has 1 heterocycles. The first-order valence-electron chi connectivity index (χ1n) is 6.65. The van der Waals surface area contributed by atoms with E-state index < -0.39 is 10.7 Å². The van der Waals surface area contributed by atoms with E-state index in [2.05, 4.69) is 10.2 Å². The maximum Gasteiger partial charge on any atom is 0.292 e. The van der Waals surface area contributed by atoms with Gasteiger partial charge in [-0.05, 0) is 19.0 Å². The number of hydrogen-bond acceptors (Lipinski definition) is 5. The second-order valence-electron chi connectivity index (χ2n) is 4.65. The quantitative estimate of drug-likeness (QED) is 0.490. The normalized spacial score (nSPS) is 16.1. The number of morpholine rings is 1. The summed E-state index contributed by atoms with van der Waals surface area (Å²) in [6, 6.07) is 3.43. The highest BCUT2D eigenvalue weighted by atomic mass is 19.1. The summed E-state index contributed by atoms with van der Waals surface area (Å²) in [7, 11) is 0. The predicted octanol–water partition coefficient (Wildman–Crippen LogP) is 1.87. The Kier molecular flexibility index (Phi) is 5.25. The minimum Gasteiger partial charge on any atom is -0.379 e. The number of benzene rings is 1. The standard InChI is InChI=1S/C13H18FN3O3/c14-11-2-3-13(17(18)19)12(10-11)15-4-1-5-16-6-8-20-9-7-16/h2-3,10,15H,1,4-9H2. The molecular weight excluding hydrogens is 265 g/mol. The first-order valence-corrected chi connectivity index (χ1v) is 6.65. The predicted molar refractivity (Wildman–Crippen MR) is 73.4 cm³/mol. The second kappa shape index (κ2) is 7.16. The van der Waals surface area contributed by atoms with Crippen LogP contribution in [-0.4, -0.2) is 49.2 Å². The summed E-state index contributed by atoms with van der Waals surface area (Å²) in [4.78, 5) is 12.6. The van der Waals surface area contributed by atoms with Crippen molar-refractivity contribution in [1.82, 2.24) is 4.90 Å². The van der Waals surface area contributed by atoms with E-state index >= 15 is 0 Å². The Morgan fingerprint density at radius 2 is 2.15 bits per heavy atom. The average Bonchev–Trinajstić information content (AvgIpc) is 2.44. The van der Waals surface area contributed by atoms with Gasteiger partial charge in [0.25, 0.3) is 5.69 Å². The van der Waals surface area contributed by atoms with E-state index in [1.54, 1.807) is 0 Å². The topological polar surface area (TPSA) is 67.6 Å². The number of nitro benzene ring substituents is 1. The molecule has 0 unspecified atom stereocenters. The van der Waals surface area contributed by atoms with Crippen molar-refractivity contribution in [2.24, 2.45) is 0 Å². The summed E-state index contributed by atoms with van der Waals surface area (Å²) < 4.78 is 18.4. The van der Waals surface area contributed by atoms with Gasteiger partial charge in [-0.25, -0.2) is 4.39 Å². The number of rotatable bonds is 6. The number of halogens is 1. The van der Waals surface area contributed by atoms with E-state index in [0.29, 0.717) is 6.54 Å². The molecule has 0 aliphatic carbocycles. The fourth-order valence-electron chi connectivity index (χ4n) is 2.16. The van der Waals surface area contributed by atoms with Crippen LogP contribution in [0.25, 0.3) is 0 Å². The molecule has 1 aliphatic heterocycles. The number of nitrogens with zero attached hydrogens (tertiary/aromatic N) is 2. The zero-order chi connectivity index (χ0) is 14.4. The number of nitrogens with one attached hydrogen (secondary N) is 1. The molecule has 1 fully saturated rings. The van der Waals surface area contributed by atoms with Crippen LogP contribution in [0, 0.1) is 15.9 Å². The van der Waals surface area contributed by atoms with Crippen LogP contribution in [0.3, 0.4) is 0 Å². The van der Waals surface area contributed by atoms with Crippen molar-refractivity contribution in [1.29, 1.82) is 0 Å². The van der Waals surface area contributed by atoms with Gasteiger partial charge in [-0.2, -0.15) is 0 Å². The van der Waals surface area contributed by atoms with E-state index in [9.17, 15) is 14.5 Å². The molecular formula is C13H18FN3O3. The lowest BCUT2D eigenvalue weighted by molar-refractivity contribution is -0.384. The zero-order valence-electron chi connectivity index (χ0n) is 11.2. The first kappa shape index (κ1) is 14.7. The van der Waals surface area contributed by atoms with Gasteiger partial charge >= 0.3 is 0 Å². The van der Waals surface area contributed by atoms with E-state index in [-0.39, 0.29) is 11.4 Å². The van der Waals surface area contributed by atoms with E-state index in [1.165, 1.54) is 6.07 Å². The van der Waals surface area contributed by atoms with Gasteiger partial charge in [0.1, 0.15) is 11.5 Å². The lowest BCUT2D eigenvalue weighted by atomic mass is 10.2. The average molecular weight is 283 g/mol. The molecule has 0 aromatic heterocycles. The largest absolute Gasteiger partial charge is 0.379 e. The maximum absolute atomic E-state index is 13.1. The maximum atomic E-state index is 13.1. The summed E-state index contributed by atoms with van der Waals surface area (Å²) in [6.45, 7) is 4.81. The van der Waals surface area contributed by atoms with Gasteiger partial charge in [0.15, 0.2) is 0 Å². The van der Waals surface area contributed by atoms with Crippen molar-refractivity contribution in [3.63, 3.8) is 0 Å². The molecule has 0 saturated carbocycles. The minimum atomic E-state index is -0.510. The molecule has 7 heteroatoms. The van der Waals surface area contributed by atoms with Crippen LogP contribution < -0.4 is 5.32 Å². The number of nitro groups is 1. The van der Waals surface area contributed by atoms with Crippen LogP contribution in [0.4, 0.5) is 15.8 Å². The van der Waals surface area contributed by atoms with Crippen molar-refractivity contribution in [3.8, 4) is 0 Å². The SMILES string of the molecule is O=[N+]([O-])c1ccc(F)cc1NCCCN1CCOCC1. The summed E-state index contributed by atoms with van der Waals surface area (Å²) in [5, 5.41) is 13.8. The Bertz CT molecular complexity index is 464. The summed E-state index contributed by atoms with van der Waals surface area (Å²) in [5.41, 5.74) is 0.134. The molecule has 1 aromatic rings.